The molecule has 1 aliphatic carbocycles. The number of benzene rings is 1. The van der Waals surface area contributed by atoms with Crippen LogP contribution in [0.25, 0.3) is 0 Å². The van der Waals surface area contributed by atoms with Gasteiger partial charge in [0.1, 0.15) is 0 Å². The van der Waals surface area contributed by atoms with Crippen molar-refractivity contribution in [1.82, 2.24) is 4.90 Å². The van der Waals surface area contributed by atoms with Gasteiger partial charge in [0, 0.05) is 12.6 Å². The van der Waals surface area contributed by atoms with Crippen molar-refractivity contribution in [2.45, 2.75) is 45.2 Å². The monoisotopic (exact) mass is 246 g/mol. The van der Waals surface area contributed by atoms with Gasteiger partial charge in [0.15, 0.2) is 0 Å². The van der Waals surface area contributed by atoms with Gasteiger partial charge in [-0.15, -0.1) is 0 Å². The van der Waals surface area contributed by atoms with Crippen molar-refractivity contribution < 1.29 is 4.79 Å². The maximum Gasteiger partial charge on any atom is 0.231 e. The summed E-state index contributed by atoms with van der Waals surface area (Å²) in [5, 5.41) is 0. The molecule has 0 spiro atoms. The lowest BCUT2D eigenvalue weighted by Crippen LogP contribution is -2.34. The summed E-state index contributed by atoms with van der Waals surface area (Å²) in [7, 11) is 0. The van der Waals surface area contributed by atoms with Gasteiger partial charge in [-0.25, -0.2) is 0 Å². The van der Waals surface area contributed by atoms with Crippen molar-refractivity contribution in [3.63, 3.8) is 0 Å². The zero-order valence-electron chi connectivity index (χ0n) is 11.2. The predicted octanol–water partition coefficient (Wildman–Crippen LogP) is 2.26. The number of rotatable bonds is 6. The van der Waals surface area contributed by atoms with Crippen molar-refractivity contribution in [1.29, 1.82) is 0 Å². The van der Waals surface area contributed by atoms with E-state index in [1.54, 1.807) is 0 Å². The van der Waals surface area contributed by atoms with Gasteiger partial charge in [-0.2, -0.15) is 0 Å². The van der Waals surface area contributed by atoms with E-state index in [9.17, 15) is 4.79 Å². The molecule has 18 heavy (non-hydrogen) atoms. The molecule has 1 aromatic carbocycles. The molecule has 0 bridgehead atoms. The maximum atomic E-state index is 11.1. The second-order valence-electron chi connectivity index (χ2n) is 5.50. The van der Waals surface area contributed by atoms with Crippen LogP contribution in [0.1, 0.15) is 43.7 Å². The molecule has 0 aliphatic heterocycles. The Morgan fingerprint density at radius 2 is 1.94 bits per heavy atom. The van der Waals surface area contributed by atoms with E-state index >= 15 is 0 Å². The fourth-order valence-corrected chi connectivity index (χ4v) is 2.20. The molecule has 3 nitrogen and oxygen atoms in total. The minimum atomic E-state index is -0.235. The third-order valence-corrected chi connectivity index (χ3v) is 3.45. The number of nitrogens with zero attached hydrogens (tertiary/aromatic N) is 1. The first kappa shape index (κ1) is 13.1. The topological polar surface area (TPSA) is 46.3 Å². The summed E-state index contributed by atoms with van der Waals surface area (Å²) in [6.07, 6.45) is 2.38. The first-order valence-electron chi connectivity index (χ1n) is 6.67. The molecule has 2 N–H and O–H groups in total. The van der Waals surface area contributed by atoms with Crippen molar-refractivity contribution >= 4 is 5.91 Å². The number of nitrogens with two attached hydrogens (primary N) is 1. The number of hydrogen-bond donors (Lipinski definition) is 1. The van der Waals surface area contributed by atoms with Gasteiger partial charge in [-0.1, -0.05) is 38.1 Å². The SMILES string of the molecule is CC(C)c1ccc(CN(CC(N)=O)C2CC2)cc1. The van der Waals surface area contributed by atoms with Gasteiger partial charge in [-0.3, -0.25) is 9.69 Å². The molecule has 1 fully saturated rings. The summed E-state index contributed by atoms with van der Waals surface area (Å²) in [6, 6.07) is 9.23. The molecule has 0 saturated heterocycles. The molecule has 1 amide bonds. The van der Waals surface area contributed by atoms with Crippen LogP contribution in [0.15, 0.2) is 24.3 Å². The number of amides is 1. The summed E-state index contributed by atoms with van der Waals surface area (Å²) >= 11 is 0. The predicted molar refractivity (Wildman–Crippen MR) is 73.2 cm³/mol. The molecular formula is C15H22N2O. The average Bonchev–Trinajstić information content (AvgIpc) is 3.12. The summed E-state index contributed by atoms with van der Waals surface area (Å²) < 4.78 is 0. The number of primary amides is 1. The van der Waals surface area contributed by atoms with E-state index in [1.807, 2.05) is 0 Å². The Morgan fingerprint density at radius 3 is 2.39 bits per heavy atom. The Bertz CT molecular complexity index is 407. The molecule has 0 radical (unpaired) electrons. The lowest BCUT2D eigenvalue weighted by Gasteiger charge is -2.20. The minimum Gasteiger partial charge on any atom is -0.369 e. The summed E-state index contributed by atoms with van der Waals surface area (Å²) in [5.74, 6) is 0.324. The lowest BCUT2D eigenvalue weighted by molar-refractivity contribution is -0.119. The highest BCUT2D eigenvalue weighted by Gasteiger charge is 2.29. The second kappa shape index (κ2) is 5.53. The van der Waals surface area contributed by atoms with Crippen LogP contribution in [0.3, 0.4) is 0 Å². The number of hydrogen-bond acceptors (Lipinski definition) is 2. The number of carbonyl (C=O) groups is 1. The zero-order valence-corrected chi connectivity index (χ0v) is 11.2. The van der Waals surface area contributed by atoms with E-state index in [-0.39, 0.29) is 5.91 Å². The first-order valence-corrected chi connectivity index (χ1v) is 6.67. The zero-order chi connectivity index (χ0) is 13.1. The van der Waals surface area contributed by atoms with Crippen molar-refractivity contribution in [2.24, 2.45) is 5.73 Å². The van der Waals surface area contributed by atoms with E-state index in [4.69, 9.17) is 5.73 Å². The van der Waals surface area contributed by atoms with Crippen LogP contribution in [0.5, 0.6) is 0 Å². The molecule has 3 heteroatoms. The van der Waals surface area contributed by atoms with Crippen molar-refractivity contribution in [2.75, 3.05) is 6.54 Å². The van der Waals surface area contributed by atoms with Gasteiger partial charge in [0.25, 0.3) is 0 Å². The molecule has 0 aromatic heterocycles. The van der Waals surface area contributed by atoms with E-state index in [0.717, 1.165) is 6.54 Å². The number of carbonyl (C=O) groups excluding carboxylic acids is 1. The molecule has 0 atom stereocenters. The van der Waals surface area contributed by atoms with Gasteiger partial charge in [0.2, 0.25) is 5.91 Å². The van der Waals surface area contributed by atoms with Crippen LogP contribution in [-0.4, -0.2) is 23.4 Å². The van der Waals surface area contributed by atoms with Crippen LogP contribution in [0.4, 0.5) is 0 Å². The Labute approximate surface area is 109 Å². The normalized spacial score (nSPS) is 15.3. The van der Waals surface area contributed by atoms with Gasteiger partial charge < -0.3 is 5.73 Å². The van der Waals surface area contributed by atoms with Crippen LogP contribution in [0, 0.1) is 0 Å². The molecule has 1 aromatic rings. The van der Waals surface area contributed by atoms with Crippen LogP contribution < -0.4 is 5.73 Å². The molecule has 98 valence electrons. The van der Waals surface area contributed by atoms with Crippen molar-refractivity contribution in [3.05, 3.63) is 35.4 Å². The van der Waals surface area contributed by atoms with Crippen molar-refractivity contribution in [3.8, 4) is 0 Å². The minimum absolute atomic E-state index is 0.235. The molecule has 0 heterocycles. The second-order valence-corrected chi connectivity index (χ2v) is 5.50. The van der Waals surface area contributed by atoms with Gasteiger partial charge >= 0.3 is 0 Å². The molecule has 1 saturated carbocycles. The summed E-state index contributed by atoms with van der Waals surface area (Å²) in [6.45, 7) is 5.58. The molecule has 2 rings (SSSR count). The van der Waals surface area contributed by atoms with E-state index < -0.39 is 0 Å². The third kappa shape index (κ3) is 3.57. The Kier molecular flexibility index (Phi) is 4.02. The quantitative estimate of drug-likeness (QED) is 0.837. The smallest absolute Gasteiger partial charge is 0.231 e. The Balaban J connectivity index is 1.99. The average molecular weight is 246 g/mol. The highest BCUT2D eigenvalue weighted by Crippen LogP contribution is 2.28. The van der Waals surface area contributed by atoms with Crippen LogP contribution in [0.2, 0.25) is 0 Å². The van der Waals surface area contributed by atoms with Crippen LogP contribution >= 0.6 is 0 Å². The first-order chi connectivity index (χ1) is 8.56. The van der Waals surface area contributed by atoms with Gasteiger partial charge in [-0.05, 0) is 29.9 Å². The molecule has 0 unspecified atom stereocenters. The Morgan fingerprint density at radius 1 is 1.33 bits per heavy atom. The fraction of sp³-hybridized carbons (Fsp3) is 0.533. The summed E-state index contributed by atoms with van der Waals surface area (Å²) in [4.78, 5) is 13.2. The van der Waals surface area contributed by atoms with E-state index in [1.165, 1.54) is 24.0 Å². The van der Waals surface area contributed by atoms with Gasteiger partial charge in [0.05, 0.1) is 6.54 Å². The standard InChI is InChI=1S/C15H22N2O/c1-11(2)13-5-3-12(4-6-13)9-17(10-15(16)18)14-7-8-14/h3-6,11,14H,7-10H2,1-2H3,(H2,16,18). The van der Waals surface area contributed by atoms with E-state index in [2.05, 4.69) is 43.0 Å². The lowest BCUT2D eigenvalue weighted by atomic mass is 10.0. The largest absolute Gasteiger partial charge is 0.369 e. The third-order valence-electron chi connectivity index (χ3n) is 3.45. The highest BCUT2D eigenvalue weighted by molar-refractivity contribution is 5.76. The summed E-state index contributed by atoms with van der Waals surface area (Å²) in [5.41, 5.74) is 7.91. The highest BCUT2D eigenvalue weighted by atomic mass is 16.1. The molecular weight excluding hydrogens is 224 g/mol. The van der Waals surface area contributed by atoms with Crippen LogP contribution in [-0.2, 0) is 11.3 Å². The fourth-order valence-electron chi connectivity index (χ4n) is 2.20. The maximum absolute atomic E-state index is 11.1. The van der Waals surface area contributed by atoms with E-state index in [0.29, 0.717) is 18.5 Å². The Hall–Kier alpha value is -1.35. The molecule has 1 aliphatic rings.